The van der Waals surface area contributed by atoms with E-state index in [0.717, 1.165) is 56.6 Å². The Kier molecular flexibility index (Phi) is 9.66. The molecule has 3 amide bonds. The van der Waals surface area contributed by atoms with E-state index in [4.69, 9.17) is 9.47 Å². The number of nitrogens with zero attached hydrogens (tertiary/aromatic N) is 4. The average molecular weight is 581 g/mol. The van der Waals surface area contributed by atoms with Gasteiger partial charge in [0.15, 0.2) is 11.5 Å². The average Bonchev–Trinajstić information content (AvgIpc) is 3.46. The molecule has 2 N–H and O–H groups in total. The molecule has 2 bridgehead atoms. The van der Waals surface area contributed by atoms with Crippen LogP contribution >= 0.6 is 0 Å². The number of carbonyl (C=O) groups excluding carboxylic acids is 3. The second kappa shape index (κ2) is 13.6. The summed E-state index contributed by atoms with van der Waals surface area (Å²) in [5, 5.41) is 5.88. The summed E-state index contributed by atoms with van der Waals surface area (Å²) in [7, 11) is 1.59. The van der Waals surface area contributed by atoms with Gasteiger partial charge in [0.05, 0.1) is 26.1 Å². The number of piperidine rings is 2. The van der Waals surface area contributed by atoms with Crippen molar-refractivity contribution in [1.29, 1.82) is 0 Å². The highest BCUT2D eigenvalue weighted by Gasteiger charge is 2.39. The number of hydrogen-bond acceptors (Lipinski definition) is 7. The molecule has 2 saturated heterocycles. The predicted octanol–water partition coefficient (Wildman–Crippen LogP) is 2.30. The van der Waals surface area contributed by atoms with Gasteiger partial charge in [-0.05, 0) is 62.9 Å². The monoisotopic (exact) mass is 580 g/mol. The lowest BCUT2D eigenvalue weighted by Gasteiger charge is -2.44. The van der Waals surface area contributed by atoms with Crippen LogP contribution in [0.2, 0.25) is 0 Å². The minimum absolute atomic E-state index is 0.0171. The third kappa shape index (κ3) is 6.72. The molecule has 0 radical (unpaired) electrons. The van der Waals surface area contributed by atoms with E-state index >= 15 is 0 Å². The summed E-state index contributed by atoms with van der Waals surface area (Å²) in [4.78, 5) is 49.2. The zero-order valence-electron chi connectivity index (χ0n) is 25.0. The van der Waals surface area contributed by atoms with Gasteiger partial charge in [0.25, 0.3) is 0 Å². The molecule has 3 aliphatic heterocycles. The van der Waals surface area contributed by atoms with Crippen molar-refractivity contribution in [2.45, 2.75) is 64.6 Å². The van der Waals surface area contributed by atoms with Crippen molar-refractivity contribution in [2.24, 2.45) is 11.8 Å². The van der Waals surface area contributed by atoms with Crippen molar-refractivity contribution in [3.63, 3.8) is 0 Å². The van der Waals surface area contributed by atoms with Gasteiger partial charge in [-0.1, -0.05) is 20.3 Å². The molecule has 42 heavy (non-hydrogen) atoms. The van der Waals surface area contributed by atoms with Crippen LogP contribution in [-0.2, 0) is 20.9 Å². The summed E-state index contributed by atoms with van der Waals surface area (Å²) < 4.78 is 13.7. The SMILES string of the molecule is COc1ccc2cc1OCCN(C(=O)[C@@H]1CCCN3CCCC[C@H]13)CC(=O)N[C@H](C(C)C)C(=O)NCCn1ccnc1-2. The van der Waals surface area contributed by atoms with E-state index < -0.39 is 6.04 Å². The fourth-order valence-electron chi connectivity index (χ4n) is 6.53. The first-order chi connectivity index (χ1) is 20.4. The number of aromatic nitrogens is 2. The molecule has 0 unspecified atom stereocenters. The third-order valence-corrected chi connectivity index (χ3v) is 8.73. The van der Waals surface area contributed by atoms with Crippen LogP contribution in [-0.4, -0.2) is 95.6 Å². The van der Waals surface area contributed by atoms with Crippen LogP contribution in [0.1, 0.15) is 46.0 Å². The number of hydrogen-bond donors (Lipinski definition) is 2. The third-order valence-electron chi connectivity index (χ3n) is 8.73. The minimum Gasteiger partial charge on any atom is -0.493 e. The summed E-state index contributed by atoms with van der Waals surface area (Å²) in [5.74, 6) is 0.948. The van der Waals surface area contributed by atoms with Crippen molar-refractivity contribution in [3.8, 4) is 22.9 Å². The van der Waals surface area contributed by atoms with Gasteiger partial charge < -0.3 is 29.6 Å². The Labute approximate surface area is 247 Å². The van der Waals surface area contributed by atoms with Crippen LogP contribution in [0.4, 0.5) is 0 Å². The molecule has 0 aliphatic carbocycles. The van der Waals surface area contributed by atoms with Crippen molar-refractivity contribution in [2.75, 3.05) is 46.4 Å². The van der Waals surface area contributed by atoms with Crippen molar-refractivity contribution < 1.29 is 23.9 Å². The van der Waals surface area contributed by atoms with E-state index in [-0.39, 0.29) is 55.3 Å². The Hall–Kier alpha value is -3.60. The van der Waals surface area contributed by atoms with Gasteiger partial charge in [-0.2, -0.15) is 0 Å². The summed E-state index contributed by atoms with van der Waals surface area (Å²) in [5.41, 5.74) is 0.843. The Morgan fingerprint density at radius 3 is 2.74 bits per heavy atom. The van der Waals surface area contributed by atoms with Gasteiger partial charge in [0.2, 0.25) is 17.7 Å². The van der Waals surface area contributed by atoms with E-state index in [1.54, 1.807) is 18.2 Å². The smallest absolute Gasteiger partial charge is 0.242 e. The lowest BCUT2D eigenvalue weighted by molar-refractivity contribution is -0.144. The molecule has 1 aromatic heterocycles. The maximum Gasteiger partial charge on any atom is 0.242 e. The second-order valence-electron chi connectivity index (χ2n) is 11.8. The predicted molar refractivity (Wildman–Crippen MR) is 158 cm³/mol. The lowest BCUT2D eigenvalue weighted by atomic mass is 9.82. The molecule has 11 heteroatoms. The fourth-order valence-corrected chi connectivity index (χ4v) is 6.53. The summed E-state index contributed by atoms with van der Waals surface area (Å²) >= 11 is 0. The quantitative estimate of drug-likeness (QED) is 0.572. The van der Waals surface area contributed by atoms with Crippen LogP contribution in [0.15, 0.2) is 30.6 Å². The number of rotatable bonds is 3. The molecule has 5 rings (SSSR count). The van der Waals surface area contributed by atoms with E-state index in [2.05, 4.69) is 20.5 Å². The zero-order chi connectivity index (χ0) is 29.6. The summed E-state index contributed by atoms with van der Waals surface area (Å²) in [6.45, 7) is 7.01. The highest BCUT2D eigenvalue weighted by Crippen LogP contribution is 2.34. The molecule has 228 valence electrons. The summed E-state index contributed by atoms with van der Waals surface area (Å²) in [6.07, 6.45) is 8.66. The maximum atomic E-state index is 14.1. The zero-order valence-corrected chi connectivity index (χ0v) is 25.0. The fraction of sp³-hybridized carbons (Fsp3) is 0.613. The normalized spacial score (nSPS) is 24.5. The number of methoxy groups -OCH3 is 1. The molecule has 2 fully saturated rings. The van der Waals surface area contributed by atoms with E-state index in [9.17, 15) is 14.4 Å². The Morgan fingerprint density at radius 2 is 1.93 bits per heavy atom. The van der Waals surface area contributed by atoms with Crippen molar-refractivity contribution in [1.82, 2.24) is 30.0 Å². The second-order valence-corrected chi connectivity index (χ2v) is 11.8. The number of fused-ring (bicyclic) bond motifs is 5. The molecule has 3 aliphatic rings. The first kappa shape index (κ1) is 29.9. The van der Waals surface area contributed by atoms with Gasteiger partial charge in [0, 0.05) is 37.1 Å². The highest BCUT2D eigenvalue weighted by atomic mass is 16.5. The number of carbonyl (C=O) groups is 3. The summed E-state index contributed by atoms with van der Waals surface area (Å²) in [6, 6.07) is 5.13. The Balaban J connectivity index is 1.43. The number of amides is 3. The molecular weight excluding hydrogens is 536 g/mol. The maximum absolute atomic E-state index is 14.1. The van der Waals surface area contributed by atoms with E-state index in [1.807, 2.05) is 42.8 Å². The van der Waals surface area contributed by atoms with Crippen LogP contribution in [0.5, 0.6) is 11.5 Å². The first-order valence-corrected chi connectivity index (χ1v) is 15.3. The Morgan fingerprint density at radius 1 is 1.10 bits per heavy atom. The van der Waals surface area contributed by atoms with Gasteiger partial charge in [-0.3, -0.25) is 19.3 Å². The lowest BCUT2D eigenvalue weighted by Crippen LogP contribution is -2.56. The van der Waals surface area contributed by atoms with Gasteiger partial charge in [-0.15, -0.1) is 0 Å². The molecule has 3 atom stereocenters. The number of nitrogens with one attached hydrogen (secondary N) is 2. The van der Waals surface area contributed by atoms with Crippen LogP contribution in [0.3, 0.4) is 0 Å². The molecular formula is C31H44N6O5. The van der Waals surface area contributed by atoms with Crippen LogP contribution in [0, 0.1) is 11.8 Å². The number of benzene rings is 1. The van der Waals surface area contributed by atoms with E-state index in [0.29, 0.717) is 24.6 Å². The first-order valence-electron chi connectivity index (χ1n) is 15.3. The molecule has 4 heterocycles. The molecule has 2 aromatic rings. The van der Waals surface area contributed by atoms with E-state index in [1.165, 1.54) is 0 Å². The number of imidazole rings is 1. The molecule has 0 saturated carbocycles. The molecule has 0 spiro atoms. The topological polar surface area (TPSA) is 118 Å². The molecule has 1 aromatic carbocycles. The number of ether oxygens (including phenoxy) is 2. The molecule has 11 nitrogen and oxygen atoms in total. The van der Waals surface area contributed by atoms with Crippen LogP contribution in [0.25, 0.3) is 11.4 Å². The van der Waals surface area contributed by atoms with Crippen molar-refractivity contribution in [3.05, 3.63) is 30.6 Å². The van der Waals surface area contributed by atoms with Crippen molar-refractivity contribution >= 4 is 17.7 Å². The minimum atomic E-state index is -0.716. The highest BCUT2D eigenvalue weighted by molar-refractivity contribution is 5.90. The van der Waals surface area contributed by atoms with Gasteiger partial charge >= 0.3 is 0 Å². The van der Waals surface area contributed by atoms with Gasteiger partial charge in [0.1, 0.15) is 18.5 Å². The van der Waals surface area contributed by atoms with Gasteiger partial charge in [-0.25, -0.2) is 4.98 Å². The largest absolute Gasteiger partial charge is 0.493 e. The Bertz CT molecular complexity index is 1260. The standard InChI is InChI=1S/C31H44N6O5/c1-21(2)28-30(39)33-12-16-36-15-11-32-29(36)22-9-10-25(41-3)26(19-22)42-18-17-37(20-27(38)34-28)31(40)23-7-6-14-35-13-5-4-8-24(23)35/h9-11,15,19,21,23-24,28H,4-8,12-14,16-18,20H2,1-3H3,(H,33,39)(H,34,38)/t23-,24-,28-/m1/s1. The van der Waals surface area contributed by atoms with Crippen LogP contribution < -0.4 is 20.1 Å².